The van der Waals surface area contributed by atoms with Crippen LogP contribution in [0.2, 0.25) is 0 Å². The van der Waals surface area contributed by atoms with Crippen molar-refractivity contribution in [2.24, 2.45) is 0 Å². The summed E-state index contributed by atoms with van der Waals surface area (Å²) < 4.78 is 0.979. The summed E-state index contributed by atoms with van der Waals surface area (Å²) in [6, 6.07) is 8.11. The lowest BCUT2D eigenvalue weighted by Gasteiger charge is -2.20. The first-order valence-corrected chi connectivity index (χ1v) is 5.70. The van der Waals surface area contributed by atoms with Crippen molar-refractivity contribution in [2.45, 2.75) is 23.5 Å². The molecule has 0 saturated carbocycles. The highest BCUT2D eigenvalue weighted by Gasteiger charge is 2.17. The van der Waals surface area contributed by atoms with Gasteiger partial charge in [-0.1, -0.05) is 15.9 Å². The zero-order valence-corrected chi connectivity index (χ0v) is 10.2. The van der Waals surface area contributed by atoms with Gasteiger partial charge >= 0.3 is 0 Å². The zero-order chi connectivity index (χ0) is 9.90. The van der Waals surface area contributed by atoms with Crippen molar-refractivity contribution in [3.8, 4) is 0 Å². The van der Waals surface area contributed by atoms with Gasteiger partial charge in [0, 0.05) is 14.1 Å². The summed E-state index contributed by atoms with van der Waals surface area (Å²) in [6.07, 6.45) is 0. The average molecular weight is 261 g/mol. The monoisotopic (exact) mass is 260 g/mol. The van der Waals surface area contributed by atoms with Gasteiger partial charge in [-0.2, -0.15) is 0 Å². The smallest absolute Gasteiger partial charge is 0.0576 e. The van der Waals surface area contributed by atoms with E-state index in [-0.39, 0.29) is 11.4 Å². The molecule has 0 saturated heterocycles. The Kier molecular flexibility index (Phi) is 3.83. The van der Waals surface area contributed by atoms with Crippen LogP contribution in [0.4, 0.5) is 0 Å². The fourth-order valence-corrected chi connectivity index (χ4v) is 2.09. The highest BCUT2D eigenvalue weighted by atomic mass is 79.9. The van der Waals surface area contributed by atoms with Gasteiger partial charge in [0.2, 0.25) is 0 Å². The van der Waals surface area contributed by atoms with Crippen molar-refractivity contribution in [1.82, 2.24) is 0 Å². The summed E-state index contributed by atoms with van der Waals surface area (Å²) in [4.78, 5) is 1.18. The van der Waals surface area contributed by atoms with E-state index in [0.29, 0.717) is 0 Å². The van der Waals surface area contributed by atoms with Crippen LogP contribution in [-0.4, -0.2) is 16.5 Å². The Morgan fingerprint density at radius 2 is 1.85 bits per heavy atom. The van der Waals surface area contributed by atoms with Crippen LogP contribution in [-0.2, 0) is 0 Å². The maximum atomic E-state index is 9.08. The third-order valence-corrected chi connectivity index (χ3v) is 3.31. The van der Waals surface area contributed by atoms with Crippen LogP contribution in [0.15, 0.2) is 33.6 Å². The van der Waals surface area contributed by atoms with Gasteiger partial charge in [-0.3, -0.25) is 0 Å². The fourth-order valence-electron chi connectivity index (χ4n) is 0.854. The highest BCUT2D eigenvalue weighted by molar-refractivity contribution is 9.10. The van der Waals surface area contributed by atoms with Crippen LogP contribution in [0.3, 0.4) is 0 Å². The molecular formula is C10H13BrOS. The molecule has 1 N–H and O–H groups in total. The van der Waals surface area contributed by atoms with E-state index in [9.17, 15) is 0 Å². The summed E-state index contributed by atoms with van der Waals surface area (Å²) >= 11 is 5.07. The molecule has 1 aromatic rings. The van der Waals surface area contributed by atoms with Gasteiger partial charge in [0.05, 0.1) is 6.61 Å². The van der Waals surface area contributed by atoms with Crippen molar-refractivity contribution in [2.75, 3.05) is 6.61 Å². The minimum absolute atomic E-state index is 0.103. The molecule has 0 aliphatic rings. The molecule has 0 aliphatic heterocycles. The standard InChI is InChI=1S/C10H13BrOS/c1-10(2,7-12)13-9-5-3-8(11)4-6-9/h3-6,12H,7H2,1-2H3. The Labute approximate surface area is 91.7 Å². The second kappa shape index (κ2) is 4.49. The van der Waals surface area contributed by atoms with Crippen LogP contribution in [0.1, 0.15) is 13.8 Å². The Hall–Kier alpha value is 0.01000. The maximum absolute atomic E-state index is 9.08. The molecule has 1 nitrogen and oxygen atoms in total. The minimum atomic E-state index is -0.103. The van der Waals surface area contributed by atoms with Crippen LogP contribution in [0.5, 0.6) is 0 Å². The summed E-state index contributed by atoms with van der Waals surface area (Å²) in [5.74, 6) is 0. The molecule has 1 rings (SSSR count). The lowest BCUT2D eigenvalue weighted by molar-refractivity contribution is 0.265. The van der Waals surface area contributed by atoms with E-state index in [2.05, 4.69) is 15.9 Å². The second-order valence-corrected chi connectivity index (χ2v) is 6.17. The molecule has 0 atom stereocenters. The topological polar surface area (TPSA) is 20.2 Å². The number of hydrogen-bond acceptors (Lipinski definition) is 2. The maximum Gasteiger partial charge on any atom is 0.0576 e. The summed E-state index contributed by atoms with van der Waals surface area (Å²) in [6.45, 7) is 4.24. The van der Waals surface area contributed by atoms with E-state index >= 15 is 0 Å². The summed E-state index contributed by atoms with van der Waals surface area (Å²) in [5.41, 5.74) is 0. The largest absolute Gasteiger partial charge is 0.395 e. The SMILES string of the molecule is CC(C)(CO)Sc1ccc(Br)cc1. The lowest BCUT2D eigenvalue weighted by atomic mass is 10.2. The second-order valence-electron chi connectivity index (χ2n) is 3.47. The molecule has 0 amide bonds. The molecule has 0 unspecified atom stereocenters. The normalized spacial score (nSPS) is 11.7. The fraction of sp³-hybridized carbons (Fsp3) is 0.400. The number of halogens is 1. The molecule has 0 spiro atoms. The average Bonchev–Trinajstić information content (AvgIpc) is 2.09. The van der Waals surface area contributed by atoms with E-state index in [1.54, 1.807) is 11.8 Å². The van der Waals surface area contributed by atoms with Gasteiger partial charge in [-0.05, 0) is 38.1 Å². The Morgan fingerprint density at radius 3 is 2.31 bits per heavy atom. The number of hydrogen-bond donors (Lipinski definition) is 1. The number of thioether (sulfide) groups is 1. The van der Waals surface area contributed by atoms with Crippen molar-refractivity contribution in [1.29, 1.82) is 0 Å². The van der Waals surface area contributed by atoms with Crippen molar-refractivity contribution >= 4 is 27.7 Å². The predicted molar refractivity (Wildman–Crippen MR) is 61.2 cm³/mol. The first-order valence-electron chi connectivity index (χ1n) is 4.09. The van der Waals surface area contributed by atoms with Gasteiger partial charge in [0.1, 0.15) is 0 Å². The van der Waals surface area contributed by atoms with E-state index < -0.39 is 0 Å². The van der Waals surface area contributed by atoms with E-state index in [4.69, 9.17) is 5.11 Å². The van der Waals surface area contributed by atoms with E-state index in [1.165, 1.54) is 4.90 Å². The van der Waals surface area contributed by atoms with Gasteiger partial charge < -0.3 is 5.11 Å². The Bertz CT molecular complexity index is 269. The minimum Gasteiger partial charge on any atom is -0.395 e. The summed E-state index contributed by atoms with van der Waals surface area (Å²) in [5, 5.41) is 9.08. The van der Waals surface area contributed by atoms with E-state index in [1.807, 2.05) is 38.1 Å². The van der Waals surface area contributed by atoms with Gasteiger partial charge in [-0.25, -0.2) is 0 Å². The molecule has 0 aromatic heterocycles. The van der Waals surface area contributed by atoms with Crippen LogP contribution in [0.25, 0.3) is 0 Å². The molecule has 0 bridgehead atoms. The van der Waals surface area contributed by atoms with E-state index in [0.717, 1.165) is 4.47 Å². The number of rotatable bonds is 3. The highest BCUT2D eigenvalue weighted by Crippen LogP contribution is 2.32. The zero-order valence-electron chi connectivity index (χ0n) is 7.75. The molecule has 0 heterocycles. The molecule has 1 aromatic carbocycles. The number of aliphatic hydroxyl groups is 1. The molecule has 0 aliphatic carbocycles. The van der Waals surface area contributed by atoms with Crippen LogP contribution < -0.4 is 0 Å². The van der Waals surface area contributed by atoms with Gasteiger partial charge in [-0.15, -0.1) is 11.8 Å². The number of benzene rings is 1. The molecule has 0 fully saturated rings. The molecule has 13 heavy (non-hydrogen) atoms. The first-order chi connectivity index (χ1) is 6.03. The first kappa shape index (κ1) is 11.1. The summed E-state index contributed by atoms with van der Waals surface area (Å²) in [7, 11) is 0. The Balaban J connectivity index is 2.69. The van der Waals surface area contributed by atoms with Gasteiger partial charge in [0.15, 0.2) is 0 Å². The van der Waals surface area contributed by atoms with Crippen LogP contribution >= 0.6 is 27.7 Å². The predicted octanol–water partition coefficient (Wildman–Crippen LogP) is 3.31. The quantitative estimate of drug-likeness (QED) is 0.842. The van der Waals surface area contributed by atoms with Crippen molar-refractivity contribution in [3.63, 3.8) is 0 Å². The van der Waals surface area contributed by atoms with Crippen molar-refractivity contribution < 1.29 is 5.11 Å². The third kappa shape index (κ3) is 3.71. The third-order valence-electron chi connectivity index (χ3n) is 1.59. The number of aliphatic hydroxyl groups excluding tert-OH is 1. The molecular weight excluding hydrogens is 248 g/mol. The van der Waals surface area contributed by atoms with Crippen molar-refractivity contribution in [3.05, 3.63) is 28.7 Å². The van der Waals surface area contributed by atoms with Crippen LogP contribution in [0, 0.1) is 0 Å². The molecule has 3 heteroatoms. The lowest BCUT2D eigenvalue weighted by Crippen LogP contribution is -2.19. The molecule has 0 radical (unpaired) electrons. The van der Waals surface area contributed by atoms with Gasteiger partial charge in [0.25, 0.3) is 0 Å². The Morgan fingerprint density at radius 1 is 1.31 bits per heavy atom. The molecule has 72 valence electrons.